The molecule has 198 valence electrons. The Morgan fingerprint density at radius 2 is 1.86 bits per heavy atom. The van der Waals surface area contributed by atoms with Gasteiger partial charge in [-0.15, -0.1) is 0 Å². The zero-order valence-electron chi connectivity index (χ0n) is 22.3. The van der Waals surface area contributed by atoms with Gasteiger partial charge in [-0.05, 0) is 83.7 Å². The van der Waals surface area contributed by atoms with E-state index in [1.807, 2.05) is 65.0 Å². The number of piperidine rings is 1. The van der Waals surface area contributed by atoms with E-state index < -0.39 is 11.5 Å². The van der Waals surface area contributed by atoms with Gasteiger partial charge in [-0.3, -0.25) is 4.79 Å². The molecule has 0 radical (unpaired) electrons. The lowest BCUT2D eigenvalue weighted by atomic mass is 9.98. The number of hydrogen-bond acceptors (Lipinski definition) is 7. The van der Waals surface area contributed by atoms with Crippen LogP contribution in [0.15, 0.2) is 57.3 Å². The number of carbonyl (C=O) groups is 2. The number of nitrogens with zero attached hydrogens (tertiary/aromatic N) is 2. The number of benzene rings is 1. The molecule has 2 heterocycles. The van der Waals surface area contributed by atoms with Crippen molar-refractivity contribution in [3.05, 3.63) is 58.8 Å². The smallest absolute Gasteiger partial charge is 0.410 e. The molecule has 1 aliphatic carbocycles. The maximum atomic E-state index is 12.4. The summed E-state index contributed by atoms with van der Waals surface area (Å²) < 4.78 is 11.1. The molecule has 2 aromatic rings. The Labute approximate surface area is 217 Å². The Bertz CT molecular complexity index is 1270. The van der Waals surface area contributed by atoms with Gasteiger partial charge in [-0.2, -0.15) is 0 Å². The van der Waals surface area contributed by atoms with E-state index in [2.05, 4.69) is 15.6 Å². The number of anilines is 1. The fraction of sp³-hybridized carbons (Fsp3) is 0.464. The normalized spacial score (nSPS) is 17.6. The van der Waals surface area contributed by atoms with E-state index in [1.54, 1.807) is 4.90 Å². The van der Waals surface area contributed by atoms with Crippen LogP contribution in [0.1, 0.15) is 59.3 Å². The molecule has 37 heavy (non-hydrogen) atoms. The SMILES string of the molecule is CC1=CC(C(N)=O)=C(NC2CCN(C(=O)OC(C)(C)C)CC2)C=C(Nc2ccc3oc(C)nc3c2)CC1. The number of carbonyl (C=O) groups excluding carboxylic acids is 2. The van der Waals surface area contributed by atoms with Crippen molar-refractivity contribution in [2.75, 3.05) is 18.4 Å². The van der Waals surface area contributed by atoms with Crippen molar-refractivity contribution in [2.24, 2.45) is 5.73 Å². The van der Waals surface area contributed by atoms with E-state index in [0.29, 0.717) is 30.3 Å². The summed E-state index contributed by atoms with van der Waals surface area (Å²) in [6.07, 6.45) is 6.58. The first kappa shape index (κ1) is 26.3. The van der Waals surface area contributed by atoms with Gasteiger partial charge in [0.15, 0.2) is 11.5 Å². The first-order valence-electron chi connectivity index (χ1n) is 12.8. The summed E-state index contributed by atoms with van der Waals surface area (Å²) in [5.74, 6) is 0.140. The van der Waals surface area contributed by atoms with Crippen LogP contribution in [0.4, 0.5) is 10.5 Å². The summed E-state index contributed by atoms with van der Waals surface area (Å²) in [5, 5.41) is 7.04. The molecular weight excluding hydrogens is 470 g/mol. The third kappa shape index (κ3) is 6.93. The standard InChI is InChI=1S/C28H37N5O4/c1-17-6-7-20(31-21-8-9-25-24(16-21)30-18(2)36-25)15-23(22(14-17)26(29)34)32-19-10-12-33(13-11-19)27(35)37-28(3,4)5/h8-9,14-16,19,31-32H,6-7,10-13H2,1-5H3,(H2,29,34). The molecule has 0 spiro atoms. The van der Waals surface area contributed by atoms with Gasteiger partial charge >= 0.3 is 6.09 Å². The van der Waals surface area contributed by atoms with Gasteiger partial charge in [0.25, 0.3) is 5.91 Å². The first-order valence-corrected chi connectivity index (χ1v) is 12.8. The predicted molar refractivity (Wildman–Crippen MR) is 144 cm³/mol. The minimum absolute atomic E-state index is 0.0862. The summed E-state index contributed by atoms with van der Waals surface area (Å²) >= 11 is 0. The zero-order valence-corrected chi connectivity index (χ0v) is 22.3. The van der Waals surface area contributed by atoms with Crippen molar-refractivity contribution < 1.29 is 18.7 Å². The lowest BCUT2D eigenvalue weighted by Gasteiger charge is -2.34. The van der Waals surface area contributed by atoms with Gasteiger partial charge in [0.2, 0.25) is 0 Å². The van der Waals surface area contributed by atoms with Gasteiger partial charge in [0, 0.05) is 43.1 Å². The quantitative estimate of drug-likeness (QED) is 0.526. The second-order valence-corrected chi connectivity index (χ2v) is 10.8. The molecule has 4 N–H and O–H groups in total. The summed E-state index contributed by atoms with van der Waals surface area (Å²) in [4.78, 5) is 31.1. The van der Waals surface area contributed by atoms with Crippen LogP contribution in [0.25, 0.3) is 11.1 Å². The molecule has 2 amide bonds. The molecule has 9 heteroatoms. The molecule has 1 aromatic heterocycles. The lowest BCUT2D eigenvalue weighted by molar-refractivity contribution is -0.114. The Morgan fingerprint density at radius 1 is 1.14 bits per heavy atom. The van der Waals surface area contributed by atoms with Crippen LogP contribution in [0.3, 0.4) is 0 Å². The number of primary amides is 1. The van der Waals surface area contributed by atoms with Crippen LogP contribution >= 0.6 is 0 Å². The third-order valence-corrected chi connectivity index (χ3v) is 6.36. The third-order valence-electron chi connectivity index (χ3n) is 6.36. The number of likely N-dealkylation sites (tertiary alicyclic amines) is 1. The van der Waals surface area contributed by atoms with Crippen LogP contribution in [0.2, 0.25) is 0 Å². The molecule has 0 saturated carbocycles. The number of ether oxygens (including phenoxy) is 1. The van der Waals surface area contributed by atoms with E-state index in [-0.39, 0.29) is 12.1 Å². The van der Waals surface area contributed by atoms with E-state index in [4.69, 9.17) is 14.9 Å². The minimum Gasteiger partial charge on any atom is -0.444 e. The predicted octanol–water partition coefficient (Wildman–Crippen LogP) is 4.90. The van der Waals surface area contributed by atoms with Crippen LogP contribution in [-0.2, 0) is 9.53 Å². The average Bonchev–Trinajstić information content (AvgIpc) is 3.18. The number of hydrogen-bond donors (Lipinski definition) is 3. The van der Waals surface area contributed by atoms with Gasteiger partial charge in [-0.1, -0.05) is 5.57 Å². The number of fused-ring (bicyclic) bond motifs is 1. The number of nitrogens with two attached hydrogens (primary N) is 1. The molecule has 0 unspecified atom stereocenters. The highest BCUT2D eigenvalue weighted by Crippen LogP contribution is 2.26. The Balaban J connectivity index is 1.53. The Hall–Kier alpha value is -3.75. The average molecular weight is 508 g/mol. The molecule has 1 saturated heterocycles. The maximum absolute atomic E-state index is 12.4. The topological polar surface area (TPSA) is 123 Å². The number of aromatic nitrogens is 1. The van der Waals surface area contributed by atoms with Crippen LogP contribution in [-0.4, -0.2) is 46.6 Å². The van der Waals surface area contributed by atoms with Crippen molar-refractivity contribution in [3.63, 3.8) is 0 Å². The molecule has 1 fully saturated rings. The number of rotatable bonds is 5. The highest BCUT2D eigenvalue weighted by molar-refractivity contribution is 5.96. The van der Waals surface area contributed by atoms with Crippen molar-refractivity contribution in [3.8, 4) is 0 Å². The van der Waals surface area contributed by atoms with E-state index >= 15 is 0 Å². The number of oxazole rings is 1. The molecule has 0 bridgehead atoms. The summed E-state index contributed by atoms with van der Waals surface area (Å²) in [6, 6.07) is 5.89. The van der Waals surface area contributed by atoms with Gasteiger partial charge in [0.05, 0.1) is 5.57 Å². The molecule has 0 atom stereocenters. The molecule has 2 aliphatic rings. The van der Waals surface area contributed by atoms with Crippen LogP contribution in [0, 0.1) is 6.92 Å². The van der Waals surface area contributed by atoms with Crippen molar-refractivity contribution in [1.29, 1.82) is 0 Å². The summed E-state index contributed by atoms with van der Waals surface area (Å²) in [7, 11) is 0. The Morgan fingerprint density at radius 3 is 2.54 bits per heavy atom. The second-order valence-electron chi connectivity index (χ2n) is 10.8. The molecule has 4 rings (SSSR count). The second kappa shape index (κ2) is 10.7. The highest BCUT2D eigenvalue weighted by atomic mass is 16.6. The zero-order chi connectivity index (χ0) is 26.7. The molecule has 1 aromatic carbocycles. The van der Waals surface area contributed by atoms with Gasteiger partial charge < -0.3 is 30.4 Å². The monoisotopic (exact) mass is 507 g/mol. The molecule has 1 aliphatic heterocycles. The minimum atomic E-state index is -0.526. The number of aryl methyl sites for hydroxylation is 1. The number of nitrogens with one attached hydrogen (secondary N) is 2. The summed E-state index contributed by atoms with van der Waals surface area (Å²) in [5.41, 5.74) is 10.9. The lowest BCUT2D eigenvalue weighted by Crippen LogP contribution is -2.46. The van der Waals surface area contributed by atoms with E-state index in [0.717, 1.165) is 53.7 Å². The Kier molecular flexibility index (Phi) is 7.61. The summed E-state index contributed by atoms with van der Waals surface area (Å²) in [6.45, 7) is 10.6. The van der Waals surface area contributed by atoms with Gasteiger partial charge in [0.1, 0.15) is 11.1 Å². The van der Waals surface area contributed by atoms with Crippen molar-refractivity contribution in [1.82, 2.24) is 15.2 Å². The van der Waals surface area contributed by atoms with E-state index in [9.17, 15) is 9.59 Å². The molecular formula is C28H37N5O4. The fourth-order valence-corrected chi connectivity index (χ4v) is 4.53. The molecule has 9 nitrogen and oxygen atoms in total. The van der Waals surface area contributed by atoms with Gasteiger partial charge in [-0.25, -0.2) is 9.78 Å². The maximum Gasteiger partial charge on any atom is 0.410 e. The van der Waals surface area contributed by atoms with E-state index in [1.165, 1.54) is 0 Å². The first-order chi connectivity index (χ1) is 17.5. The number of amides is 2. The highest BCUT2D eigenvalue weighted by Gasteiger charge is 2.27. The number of allylic oxidation sites excluding steroid dienone is 3. The largest absolute Gasteiger partial charge is 0.444 e. The van der Waals surface area contributed by atoms with Crippen LogP contribution < -0.4 is 16.4 Å². The van der Waals surface area contributed by atoms with Crippen molar-refractivity contribution >= 4 is 28.8 Å². The van der Waals surface area contributed by atoms with Crippen LogP contribution in [0.5, 0.6) is 0 Å². The van der Waals surface area contributed by atoms with Crippen molar-refractivity contribution in [2.45, 2.75) is 71.9 Å². The fourth-order valence-electron chi connectivity index (χ4n) is 4.53.